The van der Waals surface area contributed by atoms with Gasteiger partial charge in [-0.25, -0.2) is 0 Å². The number of hydrogen-bond donors (Lipinski definition) is 0. The van der Waals surface area contributed by atoms with E-state index < -0.39 is 8.07 Å². The summed E-state index contributed by atoms with van der Waals surface area (Å²) in [4.78, 5) is 0. The van der Waals surface area contributed by atoms with Gasteiger partial charge < -0.3 is 0 Å². The largest absolute Gasteiger partial charge is 0.0693 e. The highest BCUT2D eigenvalue weighted by Crippen LogP contribution is 2.40. The molecule has 0 aromatic rings. The number of rotatable bonds is 1. The normalized spacial score (nSPS) is 33.8. The summed E-state index contributed by atoms with van der Waals surface area (Å²) in [7, 11) is -0.819. The summed E-state index contributed by atoms with van der Waals surface area (Å²) in [5.74, 6) is 1.02. The molecule has 0 amide bonds. The van der Waals surface area contributed by atoms with Crippen molar-refractivity contribution >= 4 is 8.07 Å². The van der Waals surface area contributed by atoms with E-state index in [1.807, 2.05) is 0 Å². The molecule has 0 spiro atoms. The average molecular weight is 170 g/mol. The minimum absolute atomic E-state index is 0.819. The van der Waals surface area contributed by atoms with Crippen LogP contribution in [0.5, 0.6) is 0 Å². The predicted molar refractivity (Wildman–Crippen MR) is 54.7 cm³/mol. The van der Waals surface area contributed by atoms with E-state index in [0.717, 1.165) is 11.5 Å². The molecular formula is C10H22Si. The smallest absolute Gasteiger partial charge is 0.0476 e. The molecule has 0 aromatic carbocycles. The molecule has 11 heavy (non-hydrogen) atoms. The van der Waals surface area contributed by atoms with E-state index in [1.165, 1.54) is 25.7 Å². The third-order valence-electron chi connectivity index (χ3n) is 3.22. The van der Waals surface area contributed by atoms with Gasteiger partial charge in [-0.05, 0) is 11.5 Å². The second-order valence-electron chi connectivity index (χ2n) is 5.23. The zero-order valence-corrected chi connectivity index (χ0v) is 9.48. The highest BCUT2D eigenvalue weighted by molar-refractivity contribution is 6.77. The monoisotopic (exact) mass is 170 g/mol. The van der Waals surface area contributed by atoms with Crippen molar-refractivity contribution in [2.45, 2.75) is 57.8 Å². The molecule has 0 N–H and O–H groups in total. The van der Waals surface area contributed by atoms with Crippen LogP contribution in [0.1, 0.15) is 32.6 Å². The van der Waals surface area contributed by atoms with Crippen molar-refractivity contribution in [1.29, 1.82) is 0 Å². The molecule has 1 aliphatic carbocycles. The Kier molecular flexibility index (Phi) is 2.79. The van der Waals surface area contributed by atoms with Crippen LogP contribution in [0.15, 0.2) is 0 Å². The van der Waals surface area contributed by atoms with Crippen LogP contribution in [-0.4, -0.2) is 8.07 Å². The summed E-state index contributed by atoms with van der Waals surface area (Å²) in [5, 5.41) is 0. The van der Waals surface area contributed by atoms with E-state index in [-0.39, 0.29) is 0 Å². The highest BCUT2D eigenvalue weighted by atomic mass is 28.3. The second-order valence-corrected chi connectivity index (χ2v) is 10.7. The molecule has 1 aliphatic rings. The van der Waals surface area contributed by atoms with E-state index in [2.05, 4.69) is 26.6 Å². The summed E-state index contributed by atoms with van der Waals surface area (Å²) < 4.78 is 0. The molecule has 1 saturated carbocycles. The number of hydrogen-bond acceptors (Lipinski definition) is 0. The van der Waals surface area contributed by atoms with E-state index in [0.29, 0.717) is 0 Å². The van der Waals surface area contributed by atoms with Crippen LogP contribution in [0.2, 0.25) is 25.2 Å². The SMILES string of the molecule is C[C@@H]1CCCC[C@@H]1[Si](C)(C)C. The summed E-state index contributed by atoms with van der Waals surface area (Å²) >= 11 is 0. The van der Waals surface area contributed by atoms with E-state index >= 15 is 0 Å². The lowest BCUT2D eigenvalue weighted by Gasteiger charge is -2.37. The first kappa shape index (κ1) is 9.31. The Hall–Kier alpha value is 0.217. The van der Waals surface area contributed by atoms with Crippen LogP contribution < -0.4 is 0 Å². The molecule has 66 valence electrons. The van der Waals surface area contributed by atoms with Crippen molar-refractivity contribution in [3.63, 3.8) is 0 Å². The van der Waals surface area contributed by atoms with Crippen LogP contribution in [0.3, 0.4) is 0 Å². The third-order valence-corrected chi connectivity index (χ3v) is 6.31. The van der Waals surface area contributed by atoms with Crippen molar-refractivity contribution in [1.82, 2.24) is 0 Å². The fourth-order valence-electron chi connectivity index (χ4n) is 2.60. The molecular weight excluding hydrogens is 148 g/mol. The zero-order valence-electron chi connectivity index (χ0n) is 8.48. The Balaban J connectivity index is 2.55. The quantitative estimate of drug-likeness (QED) is 0.524. The molecule has 2 atom stereocenters. The van der Waals surface area contributed by atoms with Crippen LogP contribution in [-0.2, 0) is 0 Å². The Bertz CT molecular complexity index is 123. The van der Waals surface area contributed by atoms with Gasteiger partial charge in [-0.2, -0.15) is 0 Å². The standard InChI is InChI=1S/C10H22Si/c1-9-7-5-6-8-10(9)11(2,3)4/h9-10H,5-8H2,1-4H3/t9-,10+/m1/s1. The van der Waals surface area contributed by atoms with Crippen LogP contribution >= 0.6 is 0 Å². The van der Waals surface area contributed by atoms with Crippen molar-refractivity contribution in [2.24, 2.45) is 5.92 Å². The van der Waals surface area contributed by atoms with Gasteiger partial charge in [0.2, 0.25) is 0 Å². The maximum Gasteiger partial charge on any atom is 0.0476 e. The van der Waals surface area contributed by atoms with Crippen molar-refractivity contribution < 1.29 is 0 Å². The maximum atomic E-state index is 2.53. The molecule has 0 radical (unpaired) electrons. The Morgan fingerprint density at radius 2 is 1.55 bits per heavy atom. The van der Waals surface area contributed by atoms with E-state index in [9.17, 15) is 0 Å². The predicted octanol–water partition coefficient (Wildman–Crippen LogP) is 3.90. The van der Waals surface area contributed by atoms with Gasteiger partial charge in [-0.1, -0.05) is 52.2 Å². The summed E-state index contributed by atoms with van der Waals surface area (Å²) in [6.45, 7) is 10.0. The van der Waals surface area contributed by atoms with Gasteiger partial charge in [-0.3, -0.25) is 0 Å². The molecule has 0 nitrogen and oxygen atoms in total. The fraction of sp³-hybridized carbons (Fsp3) is 1.00. The van der Waals surface area contributed by atoms with Gasteiger partial charge in [0, 0.05) is 8.07 Å². The van der Waals surface area contributed by atoms with Gasteiger partial charge in [0.05, 0.1) is 0 Å². The van der Waals surface area contributed by atoms with Gasteiger partial charge in [-0.15, -0.1) is 0 Å². The molecule has 0 aliphatic heterocycles. The summed E-state index contributed by atoms with van der Waals surface area (Å²) in [6, 6.07) is 0. The van der Waals surface area contributed by atoms with E-state index in [1.54, 1.807) is 0 Å². The molecule has 0 unspecified atom stereocenters. The lowest BCUT2D eigenvalue weighted by Crippen LogP contribution is -2.34. The van der Waals surface area contributed by atoms with Crippen molar-refractivity contribution in [2.75, 3.05) is 0 Å². The third kappa shape index (κ3) is 2.33. The summed E-state index contributed by atoms with van der Waals surface area (Å²) in [5.41, 5.74) is 1.11. The molecule has 1 heteroatoms. The Morgan fingerprint density at radius 3 is 1.91 bits per heavy atom. The highest BCUT2D eigenvalue weighted by Gasteiger charge is 2.32. The van der Waals surface area contributed by atoms with Gasteiger partial charge in [0.25, 0.3) is 0 Å². The lowest BCUT2D eigenvalue weighted by molar-refractivity contribution is 0.376. The molecule has 0 saturated heterocycles. The van der Waals surface area contributed by atoms with E-state index in [4.69, 9.17) is 0 Å². The fourth-order valence-corrected chi connectivity index (χ4v) is 5.55. The molecule has 0 heterocycles. The van der Waals surface area contributed by atoms with Gasteiger partial charge >= 0.3 is 0 Å². The van der Waals surface area contributed by atoms with Crippen LogP contribution in [0.25, 0.3) is 0 Å². The first-order valence-electron chi connectivity index (χ1n) is 5.02. The lowest BCUT2D eigenvalue weighted by atomic mass is 9.90. The molecule has 0 aromatic heterocycles. The van der Waals surface area contributed by atoms with Crippen molar-refractivity contribution in [3.05, 3.63) is 0 Å². The summed E-state index contributed by atoms with van der Waals surface area (Å²) in [6.07, 6.45) is 6.01. The first-order valence-corrected chi connectivity index (χ1v) is 8.59. The Morgan fingerprint density at radius 1 is 1.00 bits per heavy atom. The van der Waals surface area contributed by atoms with Crippen LogP contribution in [0, 0.1) is 5.92 Å². The molecule has 1 rings (SSSR count). The molecule has 1 fully saturated rings. The minimum atomic E-state index is -0.819. The van der Waals surface area contributed by atoms with Crippen molar-refractivity contribution in [3.8, 4) is 0 Å². The van der Waals surface area contributed by atoms with Crippen LogP contribution in [0.4, 0.5) is 0 Å². The van der Waals surface area contributed by atoms with Gasteiger partial charge in [0.15, 0.2) is 0 Å². The second kappa shape index (κ2) is 3.30. The minimum Gasteiger partial charge on any atom is -0.0693 e. The van der Waals surface area contributed by atoms with Gasteiger partial charge in [0.1, 0.15) is 0 Å². The zero-order chi connectivity index (χ0) is 8.48. The Labute approximate surface area is 72.4 Å². The first-order chi connectivity index (χ1) is 5.02. The molecule has 0 bridgehead atoms. The average Bonchev–Trinajstić information content (AvgIpc) is 1.86. The topological polar surface area (TPSA) is 0 Å². The maximum absolute atomic E-state index is 2.53.